The molecule has 2 aromatic rings. The number of Topliss-reactive ketones (excluding diaryl/α,β-unsaturated/α-hetero) is 1. The third kappa shape index (κ3) is 2.92. The summed E-state index contributed by atoms with van der Waals surface area (Å²) in [5, 5.41) is 12.7. The molecule has 106 valence electrons. The first kappa shape index (κ1) is 13.3. The lowest BCUT2D eigenvalue weighted by Crippen LogP contribution is -2.15. The van der Waals surface area contributed by atoms with Crippen LogP contribution >= 0.6 is 0 Å². The molecular formula is C15H14N4O2. The first-order valence-electron chi connectivity index (χ1n) is 6.81. The maximum absolute atomic E-state index is 12.2. The third-order valence-electron chi connectivity index (χ3n) is 3.66. The highest BCUT2D eigenvalue weighted by Gasteiger charge is 2.25. The fraction of sp³-hybridized carbons (Fsp3) is 0.333. The number of aromatic nitrogens is 2. The molecule has 1 aliphatic rings. The number of ketones is 1. The molecule has 1 fully saturated rings. The van der Waals surface area contributed by atoms with Crippen LogP contribution in [0.1, 0.15) is 23.4 Å². The van der Waals surface area contributed by atoms with Crippen molar-refractivity contribution in [3.8, 4) is 17.5 Å². The molecule has 21 heavy (non-hydrogen) atoms. The average Bonchev–Trinajstić information content (AvgIpc) is 3.17. The number of carbonyl (C=O) groups is 1. The van der Waals surface area contributed by atoms with Crippen molar-refractivity contribution < 1.29 is 9.32 Å². The first-order chi connectivity index (χ1) is 10.3. The van der Waals surface area contributed by atoms with Gasteiger partial charge in [-0.25, -0.2) is 0 Å². The van der Waals surface area contributed by atoms with Gasteiger partial charge in [0.15, 0.2) is 6.19 Å². The van der Waals surface area contributed by atoms with Crippen molar-refractivity contribution in [3.63, 3.8) is 0 Å². The molecule has 3 heterocycles. The molecule has 6 heteroatoms. The highest BCUT2D eigenvalue weighted by atomic mass is 16.5. The van der Waals surface area contributed by atoms with Gasteiger partial charge in [0, 0.05) is 43.5 Å². The maximum Gasteiger partial charge on any atom is 0.203 e. The second-order valence-corrected chi connectivity index (χ2v) is 5.14. The van der Waals surface area contributed by atoms with E-state index in [0.717, 1.165) is 18.5 Å². The van der Waals surface area contributed by atoms with E-state index in [2.05, 4.69) is 16.3 Å². The quantitative estimate of drug-likeness (QED) is 0.631. The van der Waals surface area contributed by atoms with E-state index in [4.69, 9.17) is 9.78 Å². The second kappa shape index (κ2) is 5.75. The number of rotatable bonds is 4. The van der Waals surface area contributed by atoms with E-state index < -0.39 is 0 Å². The standard InChI is InChI=1S/C15H14N4O2/c16-10-19-6-3-11(9-19)7-14(20)15-8-13(18-21-15)12-1-4-17-5-2-12/h1-2,4-5,8,11H,3,6-7,9H2/t11-/m0/s1. The van der Waals surface area contributed by atoms with Crippen molar-refractivity contribution in [3.05, 3.63) is 36.4 Å². The van der Waals surface area contributed by atoms with Crippen LogP contribution in [-0.2, 0) is 0 Å². The minimum Gasteiger partial charge on any atom is -0.352 e. The number of carbonyl (C=O) groups excluding carboxylic acids is 1. The van der Waals surface area contributed by atoms with Crippen LogP contribution in [-0.4, -0.2) is 33.9 Å². The second-order valence-electron chi connectivity index (χ2n) is 5.14. The topological polar surface area (TPSA) is 83.0 Å². The molecule has 1 aliphatic heterocycles. The molecule has 1 atom stereocenters. The predicted octanol–water partition coefficient (Wildman–Crippen LogP) is 2.11. The Labute approximate surface area is 122 Å². The molecule has 0 bridgehead atoms. The van der Waals surface area contributed by atoms with Crippen LogP contribution in [0, 0.1) is 17.4 Å². The van der Waals surface area contributed by atoms with Crippen molar-refractivity contribution in [2.45, 2.75) is 12.8 Å². The van der Waals surface area contributed by atoms with Gasteiger partial charge in [-0.3, -0.25) is 9.78 Å². The molecule has 3 rings (SSSR count). The predicted molar refractivity (Wildman–Crippen MR) is 74.0 cm³/mol. The Morgan fingerprint density at radius 3 is 3.00 bits per heavy atom. The molecule has 0 N–H and O–H groups in total. The van der Waals surface area contributed by atoms with Gasteiger partial charge < -0.3 is 9.42 Å². The fourth-order valence-corrected chi connectivity index (χ4v) is 2.52. The van der Waals surface area contributed by atoms with Gasteiger partial charge in [0.25, 0.3) is 0 Å². The summed E-state index contributed by atoms with van der Waals surface area (Å²) >= 11 is 0. The summed E-state index contributed by atoms with van der Waals surface area (Å²) in [4.78, 5) is 17.8. The lowest BCUT2D eigenvalue weighted by Gasteiger charge is -2.06. The highest BCUT2D eigenvalue weighted by molar-refractivity contribution is 5.94. The van der Waals surface area contributed by atoms with E-state index in [1.165, 1.54) is 0 Å². The molecule has 0 radical (unpaired) electrons. The van der Waals surface area contributed by atoms with Crippen molar-refractivity contribution >= 4 is 5.78 Å². The smallest absolute Gasteiger partial charge is 0.203 e. The number of nitriles is 1. The van der Waals surface area contributed by atoms with Crippen molar-refractivity contribution in [1.82, 2.24) is 15.0 Å². The molecule has 2 aromatic heterocycles. The van der Waals surface area contributed by atoms with Gasteiger partial charge in [0.2, 0.25) is 11.5 Å². The number of hydrogen-bond acceptors (Lipinski definition) is 6. The molecule has 0 amide bonds. The zero-order valence-corrected chi connectivity index (χ0v) is 11.4. The lowest BCUT2D eigenvalue weighted by molar-refractivity contribution is 0.0927. The maximum atomic E-state index is 12.2. The normalized spacial score (nSPS) is 17.7. The number of pyridine rings is 1. The molecule has 0 aliphatic carbocycles. The monoisotopic (exact) mass is 282 g/mol. The summed E-state index contributed by atoms with van der Waals surface area (Å²) in [6.45, 7) is 1.38. The van der Waals surface area contributed by atoms with Crippen LogP contribution in [0.5, 0.6) is 0 Å². The van der Waals surface area contributed by atoms with Crippen molar-refractivity contribution in [2.24, 2.45) is 5.92 Å². The molecule has 6 nitrogen and oxygen atoms in total. The Hall–Kier alpha value is -2.68. The van der Waals surface area contributed by atoms with Crippen LogP contribution in [0.2, 0.25) is 0 Å². The van der Waals surface area contributed by atoms with E-state index in [9.17, 15) is 4.79 Å². The first-order valence-corrected chi connectivity index (χ1v) is 6.81. The van der Waals surface area contributed by atoms with Gasteiger partial charge in [0.1, 0.15) is 5.69 Å². The van der Waals surface area contributed by atoms with Crippen LogP contribution < -0.4 is 0 Å². The molecule has 0 unspecified atom stereocenters. The Morgan fingerprint density at radius 1 is 1.48 bits per heavy atom. The van der Waals surface area contributed by atoms with Gasteiger partial charge in [-0.15, -0.1) is 0 Å². The summed E-state index contributed by atoms with van der Waals surface area (Å²) < 4.78 is 5.15. The molecule has 0 spiro atoms. The van der Waals surface area contributed by atoms with E-state index in [1.54, 1.807) is 23.4 Å². The minimum atomic E-state index is -0.0624. The average molecular weight is 282 g/mol. The zero-order chi connectivity index (χ0) is 14.7. The fourth-order valence-electron chi connectivity index (χ4n) is 2.52. The molecule has 0 saturated carbocycles. The van der Waals surface area contributed by atoms with Gasteiger partial charge in [-0.05, 0) is 24.5 Å². The summed E-state index contributed by atoms with van der Waals surface area (Å²) in [5.41, 5.74) is 1.50. The summed E-state index contributed by atoms with van der Waals surface area (Å²) in [6, 6.07) is 5.29. The number of hydrogen-bond donors (Lipinski definition) is 0. The summed E-state index contributed by atoms with van der Waals surface area (Å²) in [7, 11) is 0. The zero-order valence-electron chi connectivity index (χ0n) is 11.4. The summed E-state index contributed by atoms with van der Waals surface area (Å²) in [5.74, 6) is 0.427. The number of likely N-dealkylation sites (tertiary alicyclic amines) is 1. The van der Waals surface area contributed by atoms with Gasteiger partial charge >= 0.3 is 0 Å². The Balaban J connectivity index is 1.67. The van der Waals surface area contributed by atoms with Gasteiger partial charge in [-0.2, -0.15) is 5.26 Å². The van der Waals surface area contributed by atoms with E-state index in [0.29, 0.717) is 18.7 Å². The third-order valence-corrected chi connectivity index (χ3v) is 3.66. The number of nitrogens with zero attached hydrogens (tertiary/aromatic N) is 4. The van der Waals surface area contributed by atoms with Crippen molar-refractivity contribution in [1.29, 1.82) is 5.26 Å². The molecule has 0 aromatic carbocycles. The van der Waals surface area contributed by atoms with Gasteiger partial charge in [0.05, 0.1) is 0 Å². The van der Waals surface area contributed by atoms with Crippen molar-refractivity contribution in [2.75, 3.05) is 13.1 Å². The highest BCUT2D eigenvalue weighted by Crippen LogP contribution is 2.23. The Bertz CT molecular complexity index is 674. The van der Waals surface area contributed by atoms with E-state index >= 15 is 0 Å². The summed E-state index contributed by atoms with van der Waals surface area (Å²) in [6.07, 6.45) is 6.70. The Kier molecular flexibility index (Phi) is 3.65. The van der Waals surface area contributed by atoms with Crippen LogP contribution in [0.3, 0.4) is 0 Å². The van der Waals surface area contributed by atoms with E-state index in [-0.39, 0.29) is 17.5 Å². The largest absolute Gasteiger partial charge is 0.352 e. The van der Waals surface area contributed by atoms with Gasteiger partial charge in [-0.1, -0.05) is 5.16 Å². The lowest BCUT2D eigenvalue weighted by atomic mass is 10.0. The Morgan fingerprint density at radius 2 is 2.29 bits per heavy atom. The molecular weight excluding hydrogens is 268 g/mol. The van der Waals surface area contributed by atoms with E-state index in [1.807, 2.05) is 12.1 Å². The molecule has 1 saturated heterocycles. The van der Waals surface area contributed by atoms with Crippen LogP contribution in [0.25, 0.3) is 11.3 Å². The van der Waals surface area contributed by atoms with Crippen LogP contribution in [0.15, 0.2) is 35.1 Å². The SMILES string of the molecule is N#CN1CC[C@@H](CC(=O)c2cc(-c3ccncc3)no2)C1. The van der Waals surface area contributed by atoms with Crippen LogP contribution in [0.4, 0.5) is 0 Å². The minimum absolute atomic E-state index is 0.0624.